The molecule has 2 aromatic rings. The first-order valence-corrected chi connectivity index (χ1v) is 13.6. The van der Waals surface area contributed by atoms with E-state index in [1.807, 2.05) is 24.8 Å². The van der Waals surface area contributed by atoms with Crippen molar-refractivity contribution < 1.29 is 19.1 Å². The number of aliphatic hydroxyl groups excluding tert-OH is 1. The van der Waals surface area contributed by atoms with Crippen LogP contribution in [-0.2, 0) is 15.0 Å². The summed E-state index contributed by atoms with van der Waals surface area (Å²) in [5.74, 6) is -0.326. The first kappa shape index (κ1) is 27.4. The molecule has 39 heavy (non-hydrogen) atoms. The van der Waals surface area contributed by atoms with Crippen LogP contribution in [0.15, 0.2) is 47.7 Å². The molecule has 5 rings (SSSR count). The summed E-state index contributed by atoms with van der Waals surface area (Å²) in [6, 6.07) is 7.82. The summed E-state index contributed by atoms with van der Waals surface area (Å²) in [5, 5.41) is 14.5. The zero-order valence-corrected chi connectivity index (χ0v) is 23.4. The second kappa shape index (κ2) is 10.4. The average Bonchev–Trinajstić information content (AvgIpc) is 3.31. The standard InChI is InChI=1S/C30H38FN5O3/c1-18-13-35(29(39)20(18)3)15-24-12-32-19(2)14-34(24)16-26(37)36-17-30(4,5)28-25(36)10-22(11-33-28)27(38)21-6-8-23(31)9-7-21/h6-11,19,24,27,32,38H,12-17H2,1-5H3. The van der Waals surface area contributed by atoms with Gasteiger partial charge in [-0.25, -0.2) is 4.39 Å². The number of rotatable bonds is 6. The molecule has 2 N–H and O–H groups in total. The molecule has 0 spiro atoms. The third-order valence-electron chi connectivity index (χ3n) is 8.35. The van der Waals surface area contributed by atoms with E-state index in [2.05, 4.69) is 36.0 Å². The number of aliphatic hydroxyl groups is 1. The van der Waals surface area contributed by atoms with Crippen molar-refractivity contribution in [2.24, 2.45) is 0 Å². The lowest BCUT2D eigenvalue weighted by Gasteiger charge is -2.41. The fourth-order valence-corrected chi connectivity index (χ4v) is 5.92. The highest BCUT2D eigenvalue weighted by atomic mass is 19.1. The SMILES string of the molecule is CC1=C(C)C(=O)N(CC2CNC(C)CN2CC(=O)N2CC(C)(C)c3ncc(C(O)c4ccc(F)cc4)cc32)C1. The molecule has 0 aliphatic carbocycles. The van der Waals surface area contributed by atoms with Gasteiger partial charge in [0.2, 0.25) is 11.8 Å². The Morgan fingerprint density at radius 1 is 1.23 bits per heavy atom. The summed E-state index contributed by atoms with van der Waals surface area (Å²) in [4.78, 5) is 37.1. The molecule has 1 aromatic carbocycles. The summed E-state index contributed by atoms with van der Waals surface area (Å²) in [6.45, 7) is 13.4. The number of hydrogen-bond donors (Lipinski definition) is 2. The molecular weight excluding hydrogens is 497 g/mol. The van der Waals surface area contributed by atoms with Gasteiger partial charge in [0.25, 0.3) is 0 Å². The lowest BCUT2D eigenvalue weighted by Crippen LogP contribution is -2.61. The largest absolute Gasteiger partial charge is 0.384 e. The number of nitrogens with zero attached hydrogens (tertiary/aromatic N) is 4. The zero-order valence-electron chi connectivity index (χ0n) is 23.4. The van der Waals surface area contributed by atoms with Crippen molar-refractivity contribution >= 4 is 17.5 Å². The van der Waals surface area contributed by atoms with Gasteiger partial charge in [-0.3, -0.25) is 19.5 Å². The van der Waals surface area contributed by atoms with Gasteiger partial charge >= 0.3 is 0 Å². The number of amides is 2. The quantitative estimate of drug-likeness (QED) is 0.592. The fourth-order valence-electron chi connectivity index (χ4n) is 5.92. The maximum Gasteiger partial charge on any atom is 0.249 e. The maximum atomic E-state index is 13.9. The molecule has 1 fully saturated rings. The molecule has 9 heteroatoms. The Morgan fingerprint density at radius 3 is 2.62 bits per heavy atom. The van der Waals surface area contributed by atoms with Gasteiger partial charge in [-0.2, -0.15) is 0 Å². The van der Waals surface area contributed by atoms with Crippen LogP contribution in [0.1, 0.15) is 57.5 Å². The highest BCUT2D eigenvalue weighted by Crippen LogP contribution is 2.41. The van der Waals surface area contributed by atoms with Crippen LogP contribution >= 0.6 is 0 Å². The van der Waals surface area contributed by atoms with Crippen molar-refractivity contribution in [3.05, 3.63) is 70.3 Å². The van der Waals surface area contributed by atoms with Crippen LogP contribution in [0.5, 0.6) is 0 Å². The summed E-state index contributed by atoms with van der Waals surface area (Å²) in [5.41, 5.74) is 4.20. The van der Waals surface area contributed by atoms with E-state index in [4.69, 9.17) is 0 Å². The maximum absolute atomic E-state index is 13.9. The second-order valence-electron chi connectivity index (χ2n) is 11.9. The second-order valence-corrected chi connectivity index (χ2v) is 11.9. The number of anilines is 1. The predicted molar refractivity (Wildman–Crippen MR) is 148 cm³/mol. The Morgan fingerprint density at radius 2 is 1.95 bits per heavy atom. The number of pyridine rings is 1. The molecule has 0 saturated carbocycles. The summed E-state index contributed by atoms with van der Waals surface area (Å²) < 4.78 is 13.4. The highest BCUT2D eigenvalue weighted by Gasteiger charge is 2.41. The minimum Gasteiger partial charge on any atom is -0.384 e. The molecule has 8 nitrogen and oxygen atoms in total. The molecule has 208 valence electrons. The number of carbonyl (C=O) groups excluding carboxylic acids is 2. The van der Waals surface area contributed by atoms with Gasteiger partial charge in [-0.15, -0.1) is 0 Å². The fraction of sp³-hybridized carbons (Fsp3) is 0.500. The molecular formula is C30H38FN5O3. The van der Waals surface area contributed by atoms with Crippen LogP contribution in [-0.4, -0.2) is 83.1 Å². The molecule has 3 aliphatic rings. The Bertz CT molecular complexity index is 1310. The van der Waals surface area contributed by atoms with E-state index in [0.717, 1.165) is 16.8 Å². The molecule has 3 atom stereocenters. The number of nitrogens with one attached hydrogen (secondary N) is 1. The molecule has 0 radical (unpaired) electrons. The van der Waals surface area contributed by atoms with Crippen LogP contribution < -0.4 is 10.2 Å². The van der Waals surface area contributed by atoms with Crippen LogP contribution in [0, 0.1) is 5.82 Å². The lowest BCUT2D eigenvalue weighted by atomic mass is 9.90. The number of benzene rings is 1. The van der Waals surface area contributed by atoms with Gasteiger partial charge in [0.15, 0.2) is 0 Å². The van der Waals surface area contributed by atoms with Crippen molar-refractivity contribution in [2.75, 3.05) is 44.2 Å². The Hall–Kier alpha value is -3.14. The first-order valence-electron chi connectivity index (χ1n) is 13.6. The molecule has 2 amide bonds. The van der Waals surface area contributed by atoms with E-state index in [1.54, 1.807) is 23.2 Å². The van der Waals surface area contributed by atoms with Crippen molar-refractivity contribution in [2.45, 2.75) is 58.2 Å². The van der Waals surface area contributed by atoms with Gasteiger partial charge in [-0.05, 0) is 50.1 Å². The van der Waals surface area contributed by atoms with E-state index in [-0.39, 0.29) is 41.7 Å². The third-order valence-corrected chi connectivity index (χ3v) is 8.35. The summed E-state index contributed by atoms with van der Waals surface area (Å²) in [6.07, 6.45) is 0.655. The normalized spacial score (nSPS) is 23.9. The van der Waals surface area contributed by atoms with Gasteiger partial charge in [-0.1, -0.05) is 26.0 Å². The molecule has 4 heterocycles. The van der Waals surface area contributed by atoms with Crippen LogP contribution in [0.25, 0.3) is 0 Å². The average molecular weight is 536 g/mol. The first-order chi connectivity index (χ1) is 18.4. The van der Waals surface area contributed by atoms with Crippen molar-refractivity contribution in [1.82, 2.24) is 20.1 Å². The number of piperazine rings is 1. The van der Waals surface area contributed by atoms with Gasteiger partial charge in [0.05, 0.1) is 17.9 Å². The van der Waals surface area contributed by atoms with Crippen LogP contribution in [0.3, 0.4) is 0 Å². The number of hydrogen-bond acceptors (Lipinski definition) is 6. The number of aromatic nitrogens is 1. The minimum atomic E-state index is -0.985. The van der Waals surface area contributed by atoms with E-state index < -0.39 is 6.10 Å². The van der Waals surface area contributed by atoms with Gasteiger partial charge < -0.3 is 20.2 Å². The summed E-state index contributed by atoms with van der Waals surface area (Å²) in [7, 11) is 0. The molecule has 0 bridgehead atoms. The smallest absolute Gasteiger partial charge is 0.249 e. The molecule has 3 aliphatic heterocycles. The molecule has 1 aromatic heterocycles. The van der Waals surface area contributed by atoms with Crippen molar-refractivity contribution in [3.63, 3.8) is 0 Å². The number of fused-ring (bicyclic) bond motifs is 1. The Labute approximate surface area is 229 Å². The van der Waals surface area contributed by atoms with Crippen LogP contribution in [0.2, 0.25) is 0 Å². The van der Waals surface area contributed by atoms with Crippen LogP contribution in [0.4, 0.5) is 10.1 Å². The Balaban J connectivity index is 1.36. The third kappa shape index (κ3) is 5.35. The summed E-state index contributed by atoms with van der Waals surface area (Å²) >= 11 is 0. The molecule has 3 unspecified atom stereocenters. The minimum absolute atomic E-state index is 0.0210. The number of carbonyl (C=O) groups is 2. The monoisotopic (exact) mass is 535 g/mol. The zero-order chi connectivity index (χ0) is 28.1. The number of halogens is 1. The van der Waals surface area contributed by atoms with Gasteiger partial charge in [0.1, 0.15) is 11.9 Å². The van der Waals surface area contributed by atoms with Crippen molar-refractivity contribution in [1.29, 1.82) is 0 Å². The van der Waals surface area contributed by atoms with E-state index in [1.165, 1.54) is 12.1 Å². The predicted octanol–water partition coefficient (Wildman–Crippen LogP) is 2.77. The van der Waals surface area contributed by atoms with Gasteiger partial charge in [0, 0.05) is 67.6 Å². The molecule has 1 saturated heterocycles. The topological polar surface area (TPSA) is 89.0 Å². The highest BCUT2D eigenvalue weighted by molar-refractivity contribution is 5.97. The van der Waals surface area contributed by atoms with E-state index in [0.29, 0.717) is 49.5 Å². The van der Waals surface area contributed by atoms with E-state index >= 15 is 0 Å². The van der Waals surface area contributed by atoms with Crippen molar-refractivity contribution in [3.8, 4) is 0 Å². The van der Waals surface area contributed by atoms with E-state index in [9.17, 15) is 19.1 Å². The lowest BCUT2D eigenvalue weighted by molar-refractivity contribution is -0.126. The Kier molecular flexibility index (Phi) is 7.35.